The molecule has 2 heterocycles. The van der Waals surface area contributed by atoms with Crippen molar-refractivity contribution in [3.63, 3.8) is 0 Å². The SMILES string of the molecule is Cc1ccc([C@H]2[C@@H]3CN(C4CCCCC4)C(=O)[C@]3(O)NN2C)cc1. The lowest BCUT2D eigenvalue weighted by Gasteiger charge is -2.33. The lowest BCUT2D eigenvalue weighted by molar-refractivity contribution is -0.151. The molecular weight excluding hydrogens is 302 g/mol. The third kappa shape index (κ3) is 2.38. The maximum atomic E-state index is 13.0. The highest BCUT2D eigenvalue weighted by atomic mass is 16.3. The second-order valence-corrected chi connectivity index (χ2v) is 7.70. The molecule has 130 valence electrons. The van der Waals surface area contributed by atoms with Crippen LogP contribution < -0.4 is 5.43 Å². The fraction of sp³-hybridized carbons (Fsp3) is 0.632. The number of aliphatic hydroxyl groups is 1. The molecule has 0 radical (unpaired) electrons. The number of hydrogen-bond acceptors (Lipinski definition) is 4. The van der Waals surface area contributed by atoms with E-state index in [1.807, 2.05) is 17.0 Å². The second-order valence-electron chi connectivity index (χ2n) is 7.70. The van der Waals surface area contributed by atoms with Gasteiger partial charge in [0.15, 0.2) is 0 Å². The van der Waals surface area contributed by atoms with Crippen LogP contribution in [0.5, 0.6) is 0 Å². The number of hydrogen-bond donors (Lipinski definition) is 2. The Labute approximate surface area is 143 Å². The first-order valence-corrected chi connectivity index (χ1v) is 9.11. The Bertz CT molecular complexity index is 626. The molecule has 2 saturated heterocycles. The number of hydrazine groups is 1. The number of likely N-dealkylation sites (tertiary alicyclic amines) is 1. The maximum Gasteiger partial charge on any atom is 0.271 e. The van der Waals surface area contributed by atoms with E-state index < -0.39 is 5.72 Å². The molecule has 4 rings (SSSR count). The fourth-order valence-electron chi connectivity index (χ4n) is 4.80. The summed E-state index contributed by atoms with van der Waals surface area (Å²) in [6.07, 6.45) is 5.77. The Balaban J connectivity index is 1.63. The third-order valence-corrected chi connectivity index (χ3v) is 6.10. The molecule has 5 heteroatoms. The van der Waals surface area contributed by atoms with Crippen LogP contribution in [0.3, 0.4) is 0 Å². The predicted molar refractivity (Wildman–Crippen MR) is 91.8 cm³/mol. The van der Waals surface area contributed by atoms with Gasteiger partial charge in [0.25, 0.3) is 5.91 Å². The highest BCUT2D eigenvalue weighted by Crippen LogP contribution is 2.46. The predicted octanol–water partition coefficient (Wildman–Crippen LogP) is 1.97. The third-order valence-electron chi connectivity index (χ3n) is 6.10. The molecular formula is C19H27N3O2. The highest BCUT2D eigenvalue weighted by Gasteiger charge is 2.62. The van der Waals surface area contributed by atoms with E-state index in [1.54, 1.807) is 0 Å². The summed E-state index contributed by atoms with van der Waals surface area (Å²) in [5.41, 5.74) is 3.98. The zero-order valence-electron chi connectivity index (χ0n) is 14.5. The van der Waals surface area contributed by atoms with Crippen LogP contribution in [-0.2, 0) is 4.79 Å². The molecule has 2 aliphatic heterocycles. The molecule has 1 amide bonds. The zero-order chi connectivity index (χ0) is 16.9. The number of nitrogens with zero attached hydrogens (tertiary/aromatic N) is 2. The van der Waals surface area contributed by atoms with Gasteiger partial charge < -0.3 is 10.0 Å². The van der Waals surface area contributed by atoms with Crippen molar-refractivity contribution in [2.75, 3.05) is 13.6 Å². The summed E-state index contributed by atoms with van der Waals surface area (Å²) in [7, 11) is 1.92. The molecule has 3 aliphatic rings. The van der Waals surface area contributed by atoms with Crippen molar-refractivity contribution >= 4 is 5.91 Å². The lowest BCUT2D eigenvalue weighted by atomic mass is 9.88. The van der Waals surface area contributed by atoms with Gasteiger partial charge in [-0.2, -0.15) is 0 Å². The Morgan fingerprint density at radius 3 is 2.50 bits per heavy atom. The van der Waals surface area contributed by atoms with Gasteiger partial charge >= 0.3 is 0 Å². The molecule has 0 spiro atoms. The number of fused-ring (bicyclic) bond motifs is 1. The Hall–Kier alpha value is -1.43. The van der Waals surface area contributed by atoms with Gasteiger partial charge in [0.2, 0.25) is 5.72 Å². The van der Waals surface area contributed by atoms with Crippen molar-refractivity contribution in [3.05, 3.63) is 35.4 Å². The number of amides is 1. The normalized spacial score (nSPS) is 34.8. The van der Waals surface area contributed by atoms with Crippen LogP contribution in [-0.4, -0.2) is 46.3 Å². The van der Waals surface area contributed by atoms with Gasteiger partial charge in [0.05, 0.1) is 12.0 Å². The van der Waals surface area contributed by atoms with E-state index in [9.17, 15) is 9.90 Å². The van der Waals surface area contributed by atoms with E-state index in [-0.39, 0.29) is 17.9 Å². The Morgan fingerprint density at radius 1 is 1.17 bits per heavy atom. The van der Waals surface area contributed by atoms with E-state index in [0.29, 0.717) is 12.6 Å². The minimum Gasteiger partial charge on any atom is -0.366 e. The number of aryl methyl sites for hydroxylation is 1. The summed E-state index contributed by atoms with van der Waals surface area (Å²) in [5, 5.41) is 13.0. The topological polar surface area (TPSA) is 55.8 Å². The molecule has 3 fully saturated rings. The molecule has 0 bridgehead atoms. The van der Waals surface area contributed by atoms with Crippen LogP contribution in [0.4, 0.5) is 0 Å². The van der Waals surface area contributed by atoms with E-state index in [2.05, 4.69) is 36.6 Å². The molecule has 5 nitrogen and oxygen atoms in total. The monoisotopic (exact) mass is 329 g/mol. The van der Waals surface area contributed by atoms with Crippen LogP contribution >= 0.6 is 0 Å². The van der Waals surface area contributed by atoms with Crippen molar-refractivity contribution in [1.82, 2.24) is 15.3 Å². The van der Waals surface area contributed by atoms with Crippen molar-refractivity contribution in [2.45, 2.75) is 56.8 Å². The molecule has 0 aromatic heterocycles. The van der Waals surface area contributed by atoms with E-state index in [0.717, 1.165) is 18.4 Å². The van der Waals surface area contributed by atoms with Gasteiger partial charge in [-0.25, -0.2) is 10.4 Å². The molecule has 0 unspecified atom stereocenters. The van der Waals surface area contributed by atoms with E-state index >= 15 is 0 Å². The standard InChI is InChI=1S/C19H27N3O2/c1-13-8-10-14(11-9-13)17-16-12-22(15-6-4-3-5-7-15)18(23)19(16,24)20-21(17)2/h8-11,15-17,20,24H,3-7,12H2,1-2H3/t16-,17-,19-/m0/s1. The summed E-state index contributed by atoms with van der Waals surface area (Å²) in [6.45, 7) is 2.70. The van der Waals surface area contributed by atoms with Gasteiger partial charge in [0, 0.05) is 19.6 Å². The molecule has 24 heavy (non-hydrogen) atoms. The van der Waals surface area contributed by atoms with Crippen LogP contribution in [0.15, 0.2) is 24.3 Å². The van der Waals surface area contributed by atoms with Crippen LogP contribution in [0, 0.1) is 12.8 Å². The minimum absolute atomic E-state index is 0.00754. The van der Waals surface area contributed by atoms with Gasteiger partial charge in [-0.05, 0) is 25.3 Å². The number of carbonyl (C=O) groups is 1. The van der Waals surface area contributed by atoms with Crippen LogP contribution in [0.1, 0.15) is 49.3 Å². The summed E-state index contributed by atoms with van der Waals surface area (Å²) in [6, 6.07) is 8.71. The molecule has 1 aliphatic carbocycles. The summed E-state index contributed by atoms with van der Waals surface area (Å²) >= 11 is 0. The molecule has 2 N–H and O–H groups in total. The summed E-state index contributed by atoms with van der Waals surface area (Å²) in [4.78, 5) is 14.9. The van der Waals surface area contributed by atoms with Gasteiger partial charge in [-0.3, -0.25) is 4.79 Å². The largest absolute Gasteiger partial charge is 0.366 e. The first-order chi connectivity index (χ1) is 11.5. The minimum atomic E-state index is -1.46. The molecule has 1 saturated carbocycles. The number of rotatable bonds is 2. The number of nitrogens with one attached hydrogen (secondary N) is 1. The second kappa shape index (κ2) is 5.83. The first kappa shape index (κ1) is 16.1. The highest BCUT2D eigenvalue weighted by molar-refractivity contribution is 5.88. The molecule has 1 aromatic rings. The first-order valence-electron chi connectivity index (χ1n) is 9.11. The van der Waals surface area contributed by atoms with Crippen molar-refractivity contribution in [2.24, 2.45) is 5.92 Å². The smallest absolute Gasteiger partial charge is 0.271 e. The summed E-state index contributed by atoms with van der Waals surface area (Å²) in [5.74, 6) is -0.277. The molecule has 3 atom stereocenters. The molecule has 1 aromatic carbocycles. The number of benzene rings is 1. The van der Waals surface area contributed by atoms with E-state index in [4.69, 9.17) is 0 Å². The lowest BCUT2D eigenvalue weighted by Crippen LogP contribution is -2.54. The van der Waals surface area contributed by atoms with Crippen molar-refractivity contribution in [1.29, 1.82) is 0 Å². The van der Waals surface area contributed by atoms with Gasteiger partial charge in [0.1, 0.15) is 0 Å². The van der Waals surface area contributed by atoms with Crippen LogP contribution in [0.2, 0.25) is 0 Å². The zero-order valence-corrected chi connectivity index (χ0v) is 14.5. The fourth-order valence-corrected chi connectivity index (χ4v) is 4.80. The number of carbonyl (C=O) groups excluding carboxylic acids is 1. The van der Waals surface area contributed by atoms with Crippen molar-refractivity contribution < 1.29 is 9.90 Å². The quantitative estimate of drug-likeness (QED) is 0.871. The average Bonchev–Trinajstić information content (AvgIpc) is 2.98. The van der Waals surface area contributed by atoms with Crippen molar-refractivity contribution in [3.8, 4) is 0 Å². The summed E-state index contributed by atoms with van der Waals surface area (Å²) < 4.78 is 0. The van der Waals surface area contributed by atoms with Gasteiger partial charge in [-0.1, -0.05) is 49.1 Å². The average molecular weight is 329 g/mol. The van der Waals surface area contributed by atoms with E-state index in [1.165, 1.54) is 24.8 Å². The maximum absolute atomic E-state index is 13.0. The Morgan fingerprint density at radius 2 is 1.83 bits per heavy atom. The van der Waals surface area contributed by atoms with Gasteiger partial charge in [-0.15, -0.1) is 0 Å². The Kier molecular flexibility index (Phi) is 3.90. The van der Waals surface area contributed by atoms with Crippen LogP contribution in [0.25, 0.3) is 0 Å².